The fraction of sp³-hybridized carbons (Fsp3) is 0.188. The Labute approximate surface area is 136 Å². The fourth-order valence-corrected chi connectivity index (χ4v) is 2.07. The van der Waals surface area contributed by atoms with Crippen LogP contribution in [0.3, 0.4) is 0 Å². The van der Waals surface area contributed by atoms with Crippen LogP contribution in [0.5, 0.6) is 0 Å². The third kappa shape index (κ3) is 4.39. The number of halogens is 3. The fourth-order valence-electron chi connectivity index (χ4n) is 2.07. The van der Waals surface area contributed by atoms with Gasteiger partial charge in [0.1, 0.15) is 0 Å². The molecule has 2 rings (SSSR count). The molecule has 3 N–H and O–H groups in total. The number of amides is 2. The molecule has 0 radical (unpaired) electrons. The van der Waals surface area contributed by atoms with E-state index in [-0.39, 0.29) is 12.2 Å². The zero-order chi connectivity index (χ0) is 17.7. The molecule has 2 aromatic carbocycles. The van der Waals surface area contributed by atoms with Crippen LogP contribution in [-0.2, 0) is 12.7 Å². The average Bonchev–Trinajstić information content (AvgIpc) is 2.55. The molecule has 5 nitrogen and oxygen atoms in total. The van der Waals surface area contributed by atoms with E-state index in [1.807, 2.05) is 0 Å². The number of alkyl halides is 3. The molecule has 2 aromatic rings. The van der Waals surface area contributed by atoms with Crippen molar-refractivity contribution in [3.05, 3.63) is 59.7 Å². The number of benzene rings is 2. The van der Waals surface area contributed by atoms with Crippen molar-refractivity contribution in [2.24, 2.45) is 0 Å². The molecule has 0 aromatic heterocycles. The van der Waals surface area contributed by atoms with Gasteiger partial charge >= 0.3 is 12.2 Å². The van der Waals surface area contributed by atoms with Crippen LogP contribution in [0.4, 0.5) is 29.3 Å². The summed E-state index contributed by atoms with van der Waals surface area (Å²) in [6, 6.07) is 10.8. The number of carbonyl (C=O) groups excluding carboxylic acids is 1. The Kier molecular flexibility index (Phi) is 5.30. The van der Waals surface area contributed by atoms with Gasteiger partial charge in [-0.15, -0.1) is 0 Å². The van der Waals surface area contributed by atoms with Crippen LogP contribution in [0, 0.1) is 0 Å². The van der Waals surface area contributed by atoms with Gasteiger partial charge in [0.25, 0.3) is 0 Å². The molecule has 0 heterocycles. The Balaban J connectivity index is 2.23. The average molecular weight is 339 g/mol. The molecule has 0 aliphatic heterocycles. The Bertz CT molecular complexity index is 720. The predicted molar refractivity (Wildman–Crippen MR) is 83.0 cm³/mol. The van der Waals surface area contributed by atoms with Crippen LogP contribution in [0.1, 0.15) is 11.1 Å². The van der Waals surface area contributed by atoms with E-state index in [1.165, 1.54) is 19.2 Å². The summed E-state index contributed by atoms with van der Waals surface area (Å²) in [6.07, 6.45) is -4.43. The largest absolute Gasteiger partial charge is 0.416 e. The second kappa shape index (κ2) is 7.22. The smallest absolute Gasteiger partial charge is 0.355 e. The second-order valence-corrected chi connectivity index (χ2v) is 4.97. The summed E-state index contributed by atoms with van der Waals surface area (Å²) in [6.45, 7) is -0.123. The molecular weight excluding hydrogens is 323 g/mol. The van der Waals surface area contributed by atoms with E-state index in [2.05, 4.69) is 10.6 Å². The van der Waals surface area contributed by atoms with Gasteiger partial charge in [-0.3, -0.25) is 5.21 Å². The molecule has 8 heteroatoms. The minimum absolute atomic E-state index is 0.123. The highest BCUT2D eigenvalue weighted by Gasteiger charge is 2.30. The van der Waals surface area contributed by atoms with Crippen LogP contribution in [0.2, 0.25) is 0 Å². The number of urea groups is 1. The quantitative estimate of drug-likeness (QED) is 0.583. The number of rotatable bonds is 4. The van der Waals surface area contributed by atoms with Crippen LogP contribution >= 0.6 is 0 Å². The number of hydrogen-bond donors (Lipinski definition) is 3. The summed E-state index contributed by atoms with van der Waals surface area (Å²) in [5.74, 6) is 0. The van der Waals surface area contributed by atoms with Crippen molar-refractivity contribution in [3.63, 3.8) is 0 Å². The van der Waals surface area contributed by atoms with Crippen molar-refractivity contribution in [2.45, 2.75) is 12.7 Å². The summed E-state index contributed by atoms with van der Waals surface area (Å²) >= 11 is 0. The summed E-state index contributed by atoms with van der Waals surface area (Å²) in [5, 5.41) is 15.3. The molecule has 128 valence electrons. The highest BCUT2D eigenvalue weighted by Crippen LogP contribution is 2.32. The lowest BCUT2D eigenvalue weighted by molar-refractivity contribution is -0.137. The van der Waals surface area contributed by atoms with Gasteiger partial charge in [-0.05, 0) is 29.8 Å². The lowest BCUT2D eigenvalue weighted by Gasteiger charge is -2.18. The Morgan fingerprint density at radius 1 is 1.17 bits per heavy atom. The van der Waals surface area contributed by atoms with Crippen LogP contribution in [-0.4, -0.2) is 23.3 Å². The lowest BCUT2D eigenvalue weighted by atomic mass is 10.1. The SMILES string of the molecule is CNC(=O)N(O)Cc1ccccc1Nc1cccc(C(F)(F)F)c1. The van der Waals surface area contributed by atoms with Crippen molar-refractivity contribution >= 4 is 17.4 Å². The van der Waals surface area contributed by atoms with Gasteiger partial charge in [0.2, 0.25) is 0 Å². The van der Waals surface area contributed by atoms with Crippen LogP contribution < -0.4 is 10.6 Å². The van der Waals surface area contributed by atoms with Crippen LogP contribution in [0.15, 0.2) is 48.5 Å². The summed E-state index contributed by atoms with van der Waals surface area (Å²) in [4.78, 5) is 11.4. The molecule has 0 aliphatic carbocycles. The van der Waals surface area contributed by atoms with E-state index in [0.717, 1.165) is 12.1 Å². The summed E-state index contributed by atoms with van der Waals surface area (Å²) < 4.78 is 38.3. The minimum atomic E-state index is -4.43. The maximum atomic E-state index is 12.8. The predicted octanol–water partition coefficient (Wildman–Crippen LogP) is 3.98. The normalized spacial score (nSPS) is 11.0. The van der Waals surface area contributed by atoms with Gasteiger partial charge < -0.3 is 10.6 Å². The molecule has 0 aliphatic rings. The first-order chi connectivity index (χ1) is 11.3. The van der Waals surface area contributed by atoms with Gasteiger partial charge in [-0.1, -0.05) is 24.3 Å². The van der Waals surface area contributed by atoms with Gasteiger partial charge in [0.15, 0.2) is 0 Å². The number of para-hydroxylation sites is 1. The van der Waals surface area contributed by atoms with Crippen molar-refractivity contribution < 1.29 is 23.2 Å². The third-order valence-electron chi connectivity index (χ3n) is 3.25. The van der Waals surface area contributed by atoms with Crippen molar-refractivity contribution in [1.82, 2.24) is 10.4 Å². The molecule has 0 unspecified atom stereocenters. The van der Waals surface area contributed by atoms with Gasteiger partial charge in [-0.2, -0.15) is 13.2 Å². The van der Waals surface area contributed by atoms with Gasteiger partial charge in [-0.25, -0.2) is 9.86 Å². The number of nitrogens with one attached hydrogen (secondary N) is 2. The molecule has 2 amide bonds. The Hall–Kier alpha value is -2.74. The number of hydrogen-bond acceptors (Lipinski definition) is 3. The topological polar surface area (TPSA) is 64.6 Å². The zero-order valence-corrected chi connectivity index (χ0v) is 12.8. The molecule has 0 saturated heterocycles. The maximum absolute atomic E-state index is 12.8. The summed E-state index contributed by atoms with van der Waals surface area (Å²) in [7, 11) is 1.37. The first-order valence-corrected chi connectivity index (χ1v) is 7.01. The minimum Gasteiger partial charge on any atom is -0.355 e. The number of nitrogens with zero attached hydrogens (tertiary/aromatic N) is 1. The monoisotopic (exact) mass is 339 g/mol. The van der Waals surface area contributed by atoms with Gasteiger partial charge in [0.05, 0.1) is 12.1 Å². The zero-order valence-electron chi connectivity index (χ0n) is 12.8. The van der Waals surface area contributed by atoms with E-state index < -0.39 is 17.8 Å². The van der Waals surface area contributed by atoms with E-state index in [0.29, 0.717) is 16.3 Å². The number of carbonyl (C=O) groups is 1. The van der Waals surface area contributed by atoms with E-state index in [1.54, 1.807) is 24.3 Å². The molecule has 0 atom stereocenters. The standard InChI is InChI=1S/C16H16F3N3O2/c1-20-15(23)22(24)10-11-5-2-3-8-14(11)21-13-7-4-6-12(9-13)16(17,18)19/h2-9,21,24H,10H2,1H3,(H,20,23). The molecule has 0 saturated carbocycles. The Morgan fingerprint density at radius 3 is 2.54 bits per heavy atom. The highest BCUT2D eigenvalue weighted by molar-refractivity contribution is 5.73. The first-order valence-electron chi connectivity index (χ1n) is 7.01. The first kappa shape index (κ1) is 17.6. The molecule has 24 heavy (non-hydrogen) atoms. The number of hydroxylamine groups is 2. The van der Waals surface area contributed by atoms with Gasteiger partial charge in [0, 0.05) is 18.4 Å². The maximum Gasteiger partial charge on any atom is 0.416 e. The molecule has 0 spiro atoms. The lowest BCUT2D eigenvalue weighted by Crippen LogP contribution is -2.34. The molecular formula is C16H16F3N3O2. The van der Waals surface area contributed by atoms with Crippen LogP contribution in [0.25, 0.3) is 0 Å². The number of anilines is 2. The molecule has 0 bridgehead atoms. The third-order valence-corrected chi connectivity index (χ3v) is 3.25. The van der Waals surface area contributed by atoms with Crippen molar-refractivity contribution in [1.29, 1.82) is 0 Å². The Morgan fingerprint density at radius 2 is 1.88 bits per heavy atom. The molecule has 0 fully saturated rings. The van der Waals surface area contributed by atoms with E-state index >= 15 is 0 Å². The van der Waals surface area contributed by atoms with Crippen molar-refractivity contribution in [2.75, 3.05) is 12.4 Å². The second-order valence-electron chi connectivity index (χ2n) is 4.97. The van der Waals surface area contributed by atoms with Crippen molar-refractivity contribution in [3.8, 4) is 0 Å². The van der Waals surface area contributed by atoms with E-state index in [9.17, 15) is 23.2 Å². The summed E-state index contributed by atoms with van der Waals surface area (Å²) in [5.41, 5.74) is 0.515. The van der Waals surface area contributed by atoms with E-state index in [4.69, 9.17) is 0 Å². The highest BCUT2D eigenvalue weighted by atomic mass is 19.4.